The molecule has 0 fully saturated rings. The number of hydrogen-bond acceptors (Lipinski definition) is 3. The van der Waals surface area contributed by atoms with Gasteiger partial charge in [-0.2, -0.15) is 0 Å². The smallest absolute Gasteiger partial charge is 0.272 e. The molecule has 2 aromatic rings. The SMILES string of the molecule is CCCC(C)(C)CN(NC(=O)c1cc(C)cc(C)c1)C(=O)c1cccc(OC)c1C. The van der Waals surface area contributed by atoms with Crippen molar-refractivity contribution >= 4 is 11.8 Å². The molecular formula is C25H34N2O3. The van der Waals surface area contributed by atoms with Crippen molar-refractivity contribution in [3.8, 4) is 5.75 Å². The van der Waals surface area contributed by atoms with E-state index >= 15 is 0 Å². The molecule has 30 heavy (non-hydrogen) atoms. The summed E-state index contributed by atoms with van der Waals surface area (Å²) in [6, 6.07) is 11.1. The predicted molar refractivity (Wildman–Crippen MR) is 121 cm³/mol. The molecule has 5 heteroatoms. The van der Waals surface area contributed by atoms with Crippen molar-refractivity contribution in [2.45, 2.75) is 54.4 Å². The van der Waals surface area contributed by atoms with Gasteiger partial charge in [0.2, 0.25) is 0 Å². The Morgan fingerprint density at radius 2 is 1.70 bits per heavy atom. The first-order chi connectivity index (χ1) is 14.1. The second-order valence-corrected chi connectivity index (χ2v) is 8.76. The lowest BCUT2D eigenvalue weighted by Crippen LogP contribution is -2.50. The van der Waals surface area contributed by atoms with Crippen molar-refractivity contribution in [1.29, 1.82) is 0 Å². The average Bonchev–Trinajstić information content (AvgIpc) is 2.66. The maximum atomic E-state index is 13.5. The fraction of sp³-hybridized carbons (Fsp3) is 0.440. The van der Waals surface area contributed by atoms with Gasteiger partial charge in [0, 0.05) is 23.2 Å². The largest absolute Gasteiger partial charge is 0.496 e. The maximum absolute atomic E-state index is 13.5. The molecule has 2 aromatic carbocycles. The van der Waals surface area contributed by atoms with Crippen molar-refractivity contribution in [3.63, 3.8) is 0 Å². The number of methoxy groups -OCH3 is 1. The summed E-state index contributed by atoms with van der Waals surface area (Å²) < 4.78 is 5.37. The number of benzene rings is 2. The predicted octanol–water partition coefficient (Wildman–Crippen LogP) is 5.23. The van der Waals surface area contributed by atoms with E-state index in [9.17, 15) is 9.59 Å². The van der Waals surface area contributed by atoms with E-state index in [-0.39, 0.29) is 17.2 Å². The molecule has 0 bridgehead atoms. The Bertz CT molecular complexity index is 898. The number of nitrogens with one attached hydrogen (secondary N) is 1. The Morgan fingerprint density at radius 1 is 1.07 bits per heavy atom. The number of aryl methyl sites for hydroxylation is 2. The van der Waals surface area contributed by atoms with Crippen LogP contribution in [0, 0.1) is 26.2 Å². The lowest BCUT2D eigenvalue weighted by Gasteiger charge is -2.33. The highest BCUT2D eigenvalue weighted by molar-refractivity contribution is 6.00. The second-order valence-electron chi connectivity index (χ2n) is 8.76. The standard InChI is InChI=1S/C25H34N2O3/c1-8-12-25(5,6)16-27(24(29)21-10-9-11-22(30-7)19(21)4)26-23(28)20-14-17(2)13-18(3)15-20/h9-11,13-15H,8,12,16H2,1-7H3,(H,26,28). The third kappa shape index (κ3) is 5.85. The van der Waals surface area contributed by atoms with E-state index in [1.54, 1.807) is 19.2 Å². The number of rotatable bonds is 7. The van der Waals surface area contributed by atoms with Crippen LogP contribution in [0.1, 0.15) is 71.0 Å². The lowest BCUT2D eigenvalue weighted by molar-refractivity contribution is 0.0485. The minimum absolute atomic E-state index is 0.146. The molecule has 0 aliphatic rings. The Hall–Kier alpha value is -2.82. The van der Waals surface area contributed by atoms with Crippen LogP contribution < -0.4 is 10.2 Å². The summed E-state index contributed by atoms with van der Waals surface area (Å²) in [5.41, 5.74) is 6.55. The number of amides is 2. The molecule has 0 aromatic heterocycles. The fourth-order valence-corrected chi connectivity index (χ4v) is 3.85. The summed E-state index contributed by atoms with van der Waals surface area (Å²) in [5, 5.41) is 1.46. The van der Waals surface area contributed by atoms with Gasteiger partial charge in [0.05, 0.1) is 7.11 Å². The molecule has 0 aliphatic carbocycles. The summed E-state index contributed by atoms with van der Waals surface area (Å²) in [5.74, 6) is 0.116. The van der Waals surface area contributed by atoms with Crippen LogP contribution in [-0.2, 0) is 0 Å². The van der Waals surface area contributed by atoms with Gasteiger partial charge in [0.25, 0.3) is 11.8 Å². The van der Waals surface area contributed by atoms with Crippen LogP contribution in [0.4, 0.5) is 0 Å². The van der Waals surface area contributed by atoms with E-state index in [0.29, 0.717) is 23.4 Å². The zero-order valence-electron chi connectivity index (χ0n) is 19.3. The molecule has 162 valence electrons. The van der Waals surface area contributed by atoms with Crippen molar-refractivity contribution in [3.05, 3.63) is 64.2 Å². The Balaban J connectivity index is 2.39. The van der Waals surface area contributed by atoms with Crippen LogP contribution in [-0.4, -0.2) is 30.5 Å². The topological polar surface area (TPSA) is 58.6 Å². The van der Waals surface area contributed by atoms with Crippen molar-refractivity contribution < 1.29 is 14.3 Å². The van der Waals surface area contributed by atoms with Crippen LogP contribution in [0.25, 0.3) is 0 Å². The minimum Gasteiger partial charge on any atom is -0.496 e. The second kappa shape index (κ2) is 9.79. The monoisotopic (exact) mass is 410 g/mol. The first-order valence-corrected chi connectivity index (χ1v) is 10.4. The number of carbonyl (C=O) groups excluding carboxylic acids is 2. The number of carbonyl (C=O) groups is 2. The molecular weight excluding hydrogens is 376 g/mol. The van der Waals surface area contributed by atoms with Crippen LogP contribution in [0.5, 0.6) is 5.75 Å². The molecule has 0 radical (unpaired) electrons. The van der Waals surface area contributed by atoms with Crippen molar-refractivity contribution in [2.24, 2.45) is 5.41 Å². The van der Waals surface area contributed by atoms with Gasteiger partial charge in [-0.1, -0.05) is 50.5 Å². The third-order valence-electron chi connectivity index (χ3n) is 5.21. The molecule has 0 saturated carbocycles. The highest BCUT2D eigenvalue weighted by atomic mass is 16.5. The highest BCUT2D eigenvalue weighted by Crippen LogP contribution is 2.26. The zero-order chi connectivity index (χ0) is 22.5. The molecule has 2 amide bonds. The number of hydrogen-bond donors (Lipinski definition) is 1. The highest BCUT2D eigenvalue weighted by Gasteiger charge is 2.28. The zero-order valence-corrected chi connectivity index (χ0v) is 19.3. The van der Waals surface area contributed by atoms with Gasteiger partial charge < -0.3 is 4.74 Å². The summed E-state index contributed by atoms with van der Waals surface area (Å²) in [6.45, 7) is 12.5. The van der Waals surface area contributed by atoms with E-state index in [1.165, 1.54) is 5.01 Å². The fourth-order valence-electron chi connectivity index (χ4n) is 3.85. The molecule has 5 nitrogen and oxygen atoms in total. The van der Waals surface area contributed by atoms with Gasteiger partial charge in [-0.15, -0.1) is 0 Å². The van der Waals surface area contributed by atoms with Crippen molar-refractivity contribution in [1.82, 2.24) is 10.4 Å². The summed E-state index contributed by atoms with van der Waals surface area (Å²) in [7, 11) is 1.58. The molecule has 0 spiro atoms. The summed E-state index contributed by atoms with van der Waals surface area (Å²) >= 11 is 0. The molecule has 1 N–H and O–H groups in total. The summed E-state index contributed by atoms with van der Waals surface area (Å²) in [6.07, 6.45) is 1.94. The molecule has 0 heterocycles. The van der Waals surface area contributed by atoms with Gasteiger partial charge in [-0.25, -0.2) is 5.01 Å². The van der Waals surface area contributed by atoms with Crippen LogP contribution in [0.2, 0.25) is 0 Å². The van der Waals surface area contributed by atoms with E-state index in [2.05, 4.69) is 26.2 Å². The molecule has 0 aliphatic heterocycles. The first-order valence-electron chi connectivity index (χ1n) is 10.4. The lowest BCUT2D eigenvalue weighted by atomic mass is 9.87. The van der Waals surface area contributed by atoms with E-state index < -0.39 is 0 Å². The molecule has 2 rings (SSSR count). The minimum atomic E-state index is -0.289. The van der Waals surface area contributed by atoms with Gasteiger partial charge in [0.1, 0.15) is 5.75 Å². The normalized spacial score (nSPS) is 11.2. The Morgan fingerprint density at radius 3 is 2.27 bits per heavy atom. The number of hydrazine groups is 1. The van der Waals surface area contributed by atoms with Crippen molar-refractivity contribution in [2.75, 3.05) is 13.7 Å². The number of nitrogens with zero attached hydrogens (tertiary/aromatic N) is 1. The third-order valence-corrected chi connectivity index (χ3v) is 5.21. The quantitative estimate of drug-likeness (QED) is 0.636. The first kappa shape index (κ1) is 23.5. The van der Waals surface area contributed by atoms with E-state index in [1.807, 2.05) is 45.0 Å². The number of ether oxygens (including phenoxy) is 1. The molecule has 0 saturated heterocycles. The van der Waals surface area contributed by atoms with E-state index in [4.69, 9.17) is 4.74 Å². The maximum Gasteiger partial charge on any atom is 0.272 e. The Kier molecular flexibility index (Phi) is 7.65. The Labute approximate surface area is 180 Å². The molecule has 0 atom stereocenters. The van der Waals surface area contributed by atoms with Crippen LogP contribution >= 0.6 is 0 Å². The summed E-state index contributed by atoms with van der Waals surface area (Å²) in [4.78, 5) is 26.5. The van der Waals surface area contributed by atoms with Crippen LogP contribution in [0.15, 0.2) is 36.4 Å². The van der Waals surface area contributed by atoms with Gasteiger partial charge in [0.15, 0.2) is 0 Å². The van der Waals surface area contributed by atoms with Gasteiger partial charge >= 0.3 is 0 Å². The van der Waals surface area contributed by atoms with Crippen LogP contribution in [0.3, 0.4) is 0 Å². The van der Waals surface area contributed by atoms with Gasteiger partial charge in [-0.3, -0.25) is 15.0 Å². The van der Waals surface area contributed by atoms with E-state index in [0.717, 1.165) is 29.5 Å². The average molecular weight is 411 g/mol. The molecule has 0 unspecified atom stereocenters. The van der Waals surface area contributed by atoms with Gasteiger partial charge in [-0.05, 0) is 56.9 Å².